The Morgan fingerprint density at radius 3 is 2.62 bits per heavy atom. The summed E-state index contributed by atoms with van der Waals surface area (Å²) in [7, 11) is 0. The summed E-state index contributed by atoms with van der Waals surface area (Å²) >= 11 is 0. The second-order valence-electron chi connectivity index (χ2n) is 4.74. The van der Waals surface area contributed by atoms with Gasteiger partial charge < -0.3 is 20.9 Å². The van der Waals surface area contributed by atoms with Gasteiger partial charge in [-0.05, 0) is 48.9 Å². The van der Waals surface area contributed by atoms with Crippen LogP contribution in [0.15, 0.2) is 48.5 Å². The van der Waals surface area contributed by atoms with Crippen molar-refractivity contribution in [2.45, 2.75) is 13.0 Å². The van der Waals surface area contributed by atoms with E-state index in [1.807, 2.05) is 31.2 Å². The molecule has 2 aromatic carbocycles. The van der Waals surface area contributed by atoms with Crippen LogP contribution in [0.4, 0.5) is 5.69 Å². The van der Waals surface area contributed by atoms with Crippen molar-refractivity contribution in [3.63, 3.8) is 0 Å². The third-order valence-corrected chi connectivity index (χ3v) is 2.99. The summed E-state index contributed by atoms with van der Waals surface area (Å²) in [5, 5.41) is 12.8. The number of amides is 1. The Balaban J connectivity index is 1.98. The summed E-state index contributed by atoms with van der Waals surface area (Å²) in [6, 6.07) is 14.4. The molecule has 0 aromatic heterocycles. The van der Waals surface area contributed by atoms with E-state index in [2.05, 4.69) is 5.32 Å². The molecule has 0 saturated carbocycles. The molecule has 1 atom stereocenters. The zero-order chi connectivity index (χ0) is 15.2. The number of aromatic hydroxyl groups is 1. The number of hydrogen-bond acceptors (Lipinski definition) is 4. The molecule has 0 bridgehead atoms. The highest BCUT2D eigenvalue weighted by Crippen LogP contribution is 2.23. The maximum Gasteiger partial charge on any atom is 0.255 e. The first-order chi connectivity index (χ1) is 10.0. The lowest BCUT2D eigenvalue weighted by molar-refractivity contribution is -0.119. The fourth-order valence-electron chi connectivity index (χ4n) is 1.93. The van der Waals surface area contributed by atoms with E-state index in [-0.39, 0.29) is 18.4 Å². The maximum atomic E-state index is 10.6. The van der Waals surface area contributed by atoms with Crippen LogP contribution in [0.25, 0.3) is 0 Å². The molecule has 0 radical (unpaired) electrons. The van der Waals surface area contributed by atoms with E-state index in [0.717, 1.165) is 11.3 Å². The van der Waals surface area contributed by atoms with Crippen LogP contribution in [-0.4, -0.2) is 17.6 Å². The van der Waals surface area contributed by atoms with Crippen LogP contribution in [0, 0.1) is 0 Å². The quantitative estimate of drug-likeness (QED) is 0.761. The summed E-state index contributed by atoms with van der Waals surface area (Å²) < 4.78 is 5.19. The second kappa shape index (κ2) is 6.65. The van der Waals surface area contributed by atoms with Gasteiger partial charge >= 0.3 is 0 Å². The predicted molar refractivity (Wildman–Crippen MR) is 81.3 cm³/mol. The van der Waals surface area contributed by atoms with Crippen LogP contribution >= 0.6 is 0 Å². The Kier molecular flexibility index (Phi) is 4.66. The molecule has 1 amide bonds. The second-order valence-corrected chi connectivity index (χ2v) is 4.74. The summed E-state index contributed by atoms with van der Waals surface area (Å²) in [5.41, 5.74) is 6.92. The Morgan fingerprint density at radius 2 is 2.00 bits per heavy atom. The number of primary amides is 1. The molecular formula is C16H18N2O3. The zero-order valence-corrected chi connectivity index (χ0v) is 11.7. The van der Waals surface area contributed by atoms with Gasteiger partial charge in [0, 0.05) is 11.7 Å². The predicted octanol–water partition coefficient (Wildman–Crippen LogP) is 2.43. The Hall–Kier alpha value is -2.69. The molecule has 0 spiro atoms. The minimum Gasteiger partial charge on any atom is -0.508 e. The highest BCUT2D eigenvalue weighted by Gasteiger charge is 2.06. The van der Waals surface area contributed by atoms with Crippen molar-refractivity contribution in [1.82, 2.24) is 0 Å². The molecule has 5 nitrogen and oxygen atoms in total. The number of carbonyl (C=O) groups excluding carboxylic acids is 1. The van der Waals surface area contributed by atoms with Crippen molar-refractivity contribution < 1.29 is 14.6 Å². The molecule has 4 N–H and O–H groups in total. The fraction of sp³-hybridized carbons (Fsp3) is 0.188. The van der Waals surface area contributed by atoms with E-state index in [9.17, 15) is 9.90 Å². The average molecular weight is 286 g/mol. The number of phenols is 1. The van der Waals surface area contributed by atoms with Gasteiger partial charge in [-0.3, -0.25) is 4.79 Å². The molecule has 2 rings (SSSR count). The zero-order valence-electron chi connectivity index (χ0n) is 11.7. The minimum atomic E-state index is -0.505. The third-order valence-electron chi connectivity index (χ3n) is 2.99. The normalized spacial score (nSPS) is 11.7. The van der Waals surface area contributed by atoms with Gasteiger partial charge in [0.05, 0.1) is 0 Å². The standard InChI is InChI=1S/C16H18N2O3/c1-11(12-3-2-4-14(19)9-12)18-13-5-7-15(8-6-13)21-10-16(17)20/h2-9,11,18-19H,10H2,1H3,(H2,17,20). The van der Waals surface area contributed by atoms with Crippen LogP contribution < -0.4 is 15.8 Å². The smallest absolute Gasteiger partial charge is 0.255 e. The molecule has 110 valence electrons. The van der Waals surface area contributed by atoms with Crippen LogP contribution in [0.1, 0.15) is 18.5 Å². The molecule has 21 heavy (non-hydrogen) atoms. The average Bonchev–Trinajstić information content (AvgIpc) is 2.46. The number of hydrogen-bond donors (Lipinski definition) is 3. The van der Waals surface area contributed by atoms with E-state index in [4.69, 9.17) is 10.5 Å². The van der Waals surface area contributed by atoms with E-state index >= 15 is 0 Å². The van der Waals surface area contributed by atoms with Gasteiger partial charge in [0.1, 0.15) is 11.5 Å². The summed E-state index contributed by atoms with van der Waals surface area (Å²) in [4.78, 5) is 10.6. The van der Waals surface area contributed by atoms with Crippen LogP contribution in [-0.2, 0) is 4.79 Å². The number of nitrogens with two attached hydrogens (primary N) is 1. The number of nitrogens with one attached hydrogen (secondary N) is 1. The minimum absolute atomic E-state index is 0.0505. The van der Waals surface area contributed by atoms with Crippen LogP contribution in [0.2, 0.25) is 0 Å². The lowest BCUT2D eigenvalue weighted by Crippen LogP contribution is -2.19. The number of benzene rings is 2. The molecule has 5 heteroatoms. The van der Waals surface area contributed by atoms with Crippen molar-refractivity contribution in [3.05, 3.63) is 54.1 Å². The van der Waals surface area contributed by atoms with E-state index < -0.39 is 5.91 Å². The number of phenolic OH excluding ortho intramolecular Hbond substituents is 1. The monoisotopic (exact) mass is 286 g/mol. The number of rotatable bonds is 6. The Labute approximate surface area is 123 Å². The molecule has 0 saturated heterocycles. The van der Waals surface area contributed by atoms with Gasteiger partial charge in [0.25, 0.3) is 5.91 Å². The van der Waals surface area contributed by atoms with Crippen molar-refractivity contribution in [2.24, 2.45) is 5.73 Å². The topological polar surface area (TPSA) is 84.6 Å². The van der Waals surface area contributed by atoms with Crippen molar-refractivity contribution in [1.29, 1.82) is 0 Å². The summed E-state index contributed by atoms with van der Waals surface area (Å²) in [5.74, 6) is 0.329. The van der Waals surface area contributed by atoms with Gasteiger partial charge in [0.2, 0.25) is 0 Å². The van der Waals surface area contributed by atoms with Crippen LogP contribution in [0.5, 0.6) is 11.5 Å². The summed E-state index contributed by atoms with van der Waals surface area (Å²) in [6.45, 7) is 1.87. The molecule has 1 unspecified atom stereocenters. The molecule has 0 aliphatic heterocycles. The molecule has 2 aromatic rings. The Bertz CT molecular complexity index is 611. The molecule has 0 aliphatic carbocycles. The van der Waals surface area contributed by atoms with Crippen LogP contribution in [0.3, 0.4) is 0 Å². The first-order valence-corrected chi connectivity index (χ1v) is 6.61. The molecule has 0 aliphatic rings. The summed E-state index contributed by atoms with van der Waals surface area (Å²) in [6.07, 6.45) is 0. The van der Waals surface area contributed by atoms with Gasteiger partial charge in [-0.15, -0.1) is 0 Å². The van der Waals surface area contributed by atoms with Gasteiger partial charge in [-0.1, -0.05) is 12.1 Å². The largest absolute Gasteiger partial charge is 0.508 e. The molecule has 0 fully saturated rings. The number of ether oxygens (including phenoxy) is 1. The van der Waals surface area contributed by atoms with Gasteiger partial charge in [0.15, 0.2) is 6.61 Å². The molecular weight excluding hydrogens is 268 g/mol. The third kappa shape index (κ3) is 4.42. The lowest BCUT2D eigenvalue weighted by Gasteiger charge is -2.16. The highest BCUT2D eigenvalue weighted by atomic mass is 16.5. The van der Waals surface area contributed by atoms with E-state index in [1.54, 1.807) is 24.3 Å². The fourth-order valence-corrected chi connectivity index (χ4v) is 1.93. The first-order valence-electron chi connectivity index (χ1n) is 6.61. The van der Waals surface area contributed by atoms with Crippen molar-refractivity contribution in [3.8, 4) is 11.5 Å². The van der Waals surface area contributed by atoms with Gasteiger partial charge in [-0.25, -0.2) is 0 Å². The lowest BCUT2D eigenvalue weighted by atomic mass is 10.1. The van der Waals surface area contributed by atoms with Gasteiger partial charge in [-0.2, -0.15) is 0 Å². The molecule has 0 heterocycles. The number of anilines is 1. The Morgan fingerprint density at radius 1 is 1.29 bits per heavy atom. The SMILES string of the molecule is CC(Nc1ccc(OCC(N)=O)cc1)c1cccc(O)c1. The highest BCUT2D eigenvalue weighted by molar-refractivity contribution is 5.75. The first kappa shape index (κ1) is 14.7. The van der Waals surface area contributed by atoms with Crippen molar-refractivity contribution >= 4 is 11.6 Å². The maximum absolute atomic E-state index is 10.6. The van der Waals surface area contributed by atoms with E-state index in [1.165, 1.54) is 0 Å². The van der Waals surface area contributed by atoms with Crippen molar-refractivity contribution in [2.75, 3.05) is 11.9 Å². The van der Waals surface area contributed by atoms with E-state index in [0.29, 0.717) is 5.75 Å². The number of carbonyl (C=O) groups is 1.